The molecule has 2 atom stereocenters. The van der Waals surface area contributed by atoms with Crippen molar-refractivity contribution < 1.29 is 14.7 Å². The summed E-state index contributed by atoms with van der Waals surface area (Å²) < 4.78 is 0. The molecule has 20 heavy (non-hydrogen) atoms. The summed E-state index contributed by atoms with van der Waals surface area (Å²) in [5.74, 6) is -1.09. The van der Waals surface area contributed by atoms with E-state index in [0.29, 0.717) is 19.4 Å². The average Bonchev–Trinajstić information content (AvgIpc) is 2.99. The number of rotatable bonds is 4. The molecule has 0 spiro atoms. The molecule has 0 bridgehead atoms. The molecule has 1 saturated carbocycles. The number of aryl methyl sites for hydroxylation is 1. The van der Waals surface area contributed by atoms with Gasteiger partial charge < -0.3 is 15.3 Å². The van der Waals surface area contributed by atoms with Crippen LogP contribution in [0.5, 0.6) is 0 Å². The van der Waals surface area contributed by atoms with E-state index in [9.17, 15) is 9.59 Å². The predicted octanol–water partition coefficient (Wildman–Crippen LogP) is 1.85. The fraction of sp³-hybridized carbons (Fsp3) is 0.615. The summed E-state index contributed by atoms with van der Waals surface area (Å²) in [6.07, 6.45) is 1.89. The summed E-state index contributed by atoms with van der Waals surface area (Å²) in [5, 5.41) is 11.9. The Morgan fingerprint density at radius 1 is 1.55 bits per heavy atom. The van der Waals surface area contributed by atoms with Gasteiger partial charge in [0, 0.05) is 18.0 Å². The van der Waals surface area contributed by atoms with Gasteiger partial charge in [0.1, 0.15) is 0 Å². The van der Waals surface area contributed by atoms with Crippen LogP contribution in [0.15, 0.2) is 5.51 Å². The van der Waals surface area contributed by atoms with Crippen molar-refractivity contribution in [3.05, 3.63) is 16.1 Å². The van der Waals surface area contributed by atoms with Gasteiger partial charge in [-0.1, -0.05) is 0 Å². The number of hydrogen-bond donors (Lipinski definition) is 2. The largest absolute Gasteiger partial charge is 0.481 e. The smallest absolute Gasteiger partial charge is 0.317 e. The van der Waals surface area contributed by atoms with E-state index in [4.69, 9.17) is 5.11 Å². The molecule has 0 saturated heterocycles. The quantitative estimate of drug-likeness (QED) is 0.888. The Balaban J connectivity index is 1.83. The monoisotopic (exact) mass is 297 g/mol. The molecule has 0 aromatic carbocycles. The van der Waals surface area contributed by atoms with Gasteiger partial charge in [0.2, 0.25) is 0 Å². The third-order valence-electron chi connectivity index (χ3n) is 3.68. The zero-order valence-electron chi connectivity index (χ0n) is 11.6. The fourth-order valence-electron chi connectivity index (χ4n) is 2.39. The molecule has 0 unspecified atom stereocenters. The molecule has 6 nitrogen and oxygen atoms in total. The number of amides is 2. The van der Waals surface area contributed by atoms with Crippen LogP contribution in [0.25, 0.3) is 0 Å². The third kappa shape index (κ3) is 3.47. The van der Waals surface area contributed by atoms with E-state index in [-0.39, 0.29) is 18.0 Å². The summed E-state index contributed by atoms with van der Waals surface area (Å²) >= 11 is 1.53. The van der Waals surface area contributed by atoms with E-state index in [1.807, 2.05) is 6.92 Å². The first-order valence-electron chi connectivity index (χ1n) is 6.60. The van der Waals surface area contributed by atoms with E-state index in [1.54, 1.807) is 17.5 Å². The molecule has 1 aromatic rings. The Hall–Kier alpha value is -1.63. The van der Waals surface area contributed by atoms with Gasteiger partial charge in [0.05, 0.1) is 23.7 Å². The second-order valence-electron chi connectivity index (χ2n) is 5.21. The molecule has 0 aliphatic heterocycles. The van der Waals surface area contributed by atoms with Crippen molar-refractivity contribution in [3.8, 4) is 0 Å². The Bertz CT molecular complexity index is 503. The maximum Gasteiger partial charge on any atom is 0.317 e. The highest BCUT2D eigenvalue weighted by molar-refractivity contribution is 7.09. The minimum Gasteiger partial charge on any atom is -0.481 e. The summed E-state index contributed by atoms with van der Waals surface area (Å²) in [6, 6.07) is -0.192. The van der Waals surface area contributed by atoms with Crippen LogP contribution in [-0.4, -0.2) is 40.1 Å². The molecule has 2 N–H and O–H groups in total. The standard InChI is InChI=1S/C13H19N3O3S/c1-8-11(20-7-14-8)6-16(2)13(19)15-10-4-3-9(5-10)12(17)18/h7,9-10H,3-6H2,1-2H3,(H,15,19)(H,17,18)/t9-,10+/m1/s1. The predicted molar refractivity (Wildman–Crippen MR) is 75.6 cm³/mol. The molecule has 1 fully saturated rings. The van der Waals surface area contributed by atoms with Crippen LogP contribution in [0, 0.1) is 12.8 Å². The van der Waals surface area contributed by atoms with Crippen LogP contribution in [-0.2, 0) is 11.3 Å². The van der Waals surface area contributed by atoms with Crippen LogP contribution in [0.2, 0.25) is 0 Å². The molecule has 2 rings (SSSR count). The van der Waals surface area contributed by atoms with E-state index >= 15 is 0 Å². The van der Waals surface area contributed by atoms with E-state index in [2.05, 4.69) is 10.3 Å². The number of aliphatic carboxylic acids is 1. The molecule has 7 heteroatoms. The summed E-state index contributed by atoms with van der Waals surface area (Å²) in [5.41, 5.74) is 2.71. The molecule has 1 aliphatic rings. The number of carbonyl (C=O) groups is 2. The van der Waals surface area contributed by atoms with E-state index in [0.717, 1.165) is 17.0 Å². The normalized spacial score (nSPS) is 21.7. The molecule has 2 amide bonds. The van der Waals surface area contributed by atoms with Crippen molar-refractivity contribution in [1.82, 2.24) is 15.2 Å². The lowest BCUT2D eigenvalue weighted by atomic mass is 10.1. The first-order chi connectivity index (χ1) is 9.47. The number of carboxylic acids is 1. The zero-order valence-corrected chi connectivity index (χ0v) is 12.4. The topological polar surface area (TPSA) is 82.5 Å². The molecular formula is C13H19N3O3S. The summed E-state index contributed by atoms with van der Waals surface area (Å²) in [4.78, 5) is 29.8. The summed E-state index contributed by atoms with van der Waals surface area (Å²) in [6.45, 7) is 2.45. The average molecular weight is 297 g/mol. The van der Waals surface area contributed by atoms with Crippen molar-refractivity contribution in [2.45, 2.75) is 38.8 Å². The molecule has 110 valence electrons. The van der Waals surface area contributed by atoms with Gasteiger partial charge in [-0.05, 0) is 26.2 Å². The minimum atomic E-state index is -0.768. The maximum absolute atomic E-state index is 12.1. The van der Waals surface area contributed by atoms with Gasteiger partial charge in [-0.2, -0.15) is 0 Å². The number of nitrogens with one attached hydrogen (secondary N) is 1. The van der Waals surface area contributed by atoms with Crippen LogP contribution in [0.1, 0.15) is 29.8 Å². The molecule has 1 aliphatic carbocycles. The Labute approximate surface area is 121 Å². The van der Waals surface area contributed by atoms with Crippen LogP contribution in [0.4, 0.5) is 4.79 Å². The Morgan fingerprint density at radius 3 is 2.85 bits per heavy atom. The van der Waals surface area contributed by atoms with Crippen molar-refractivity contribution >= 4 is 23.3 Å². The van der Waals surface area contributed by atoms with Crippen LogP contribution >= 0.6 is 11.3 Å². The molecule has 1 heterocycles. The van der Waals surface area contributed by atoms with Gasteiger partial charge in [0.25, 0.3) is 0 Å². The molecular weight excluding hydrogens is 278 g/mol. The highest BCUT2D eigenvalue weighted by Gasteiger charge is 2.31. The second-order valence-corrected chi connectivity index (χ2v) is 6.15. The third-order valence-corrected chi connectivity index (χ3v) is 4.60. The number of urea groups is 1. The number of nitrogens with zero attached hydrogens (tertiary/aromatic N) is 2. The van der Waals surface area contributed by atoms with Crippen molar-refractivity contribution in [2.75, 3.05) is 7.05 Å². The Kier molecular flexibility index (Phi) is 4.59. The molecule has 1 aromatic heterocycles. The van der Waals surface area contributed by atoms with E-state index < -0.39 is 5.97 Å². The highest BCUT2D eigenvalue weighted by atomic mass is 32.1. The van der Waals surface area contributed by atoms with Gasteiger partial charge in [0.15, 0.2) is 0 Å². The van der Waals surface area contributed by atoms with Crippen LogP contribution < -0.4 is 5.32 Å². The van der Waals surface area contributed by atoms with Crippen LogP contribution in [0.3, 0.4) is 0 Å². The molecule has 0 radical (unpaired) electrons. The van der Waals surface area contributed by atoms with Gasteiger partial charge >= 0.3 is 12.0 Å². The number of thiazole rings is 1. The fourth-order valence-corrected chi connectivity index (χ4v) is 3.22. The zero-order chi connectivity index (χ0) is 14.7. The lowest BCUT2D eigenvalue weighted by Gasteiger charge is -2.20. The number of carbonyl (C=O) groups excluding carboxylic acids is 1. The van der Waals surface area contributed by atoms with E-state index in [1.165, 1.54) is 11.3 Å². The van der Waals surface area contributed by atoms with Crippen molar-refractivity contribution in [3.63, 3.8) is 0 Å². The maximum atomic E-state index is 12.1. The van der Waals surface area contributed by atoms with Gasteiger partial charge in [-0.3, -0.25) is 4.79 Å². The first-order valence-corrected chi connectivity index (χ1v) is 7.48. The van der Waals surface area contributed by atoms with Gasteiger partial charge in [-0.15, -0.1) is 11.3 Å². The lowest BCUT2D eigenvalue weighted by molar-refractivity contribution is -0.141. The number of aromatic nitrogens is 1. The number of carboxylic acid groups (broad SMARTS) is 1. The number of hydrogen-bond acceptors (Lipinski definition) is 4. The second kappa shape index (κ2) is 6.21. The lowest BCUT2D eigenvalue weighted by Crippen LogP contribution is -2.41. The van der Waals surface area contributed by atoms with Gasteiger partial charge in [-0.25, -0.2) is 9.78 Å². The summed E-state index contributed by atoms with van der Waals surface area (Å²) in [7, 11) is 1.73. The van der Waals surface area contributed by atoms with Crippen molar-refractivity contribution in [2.24, 2.45) is 5.92 Å². The first kappa shape index (κ1) is 14.8. The highest BCUT2D eigenvalue weighted by Crippen LogP contribution is 2.25. The minimum absolute atomic E-state index is 0.0337. The Morgan fingerprint density at radius 2 is 2.30 bits per heavy atom. The van der Waals surface area contributed by atoms with Crippen molar-refractivity contribution in [1.29, 1.82) is 0 Å². The SMILES string of the molecule is Cc1ncsc1CN(C)C(=O)N[C@H]1CC[C@@H](C(=O)O)C1.